The molecule has 0 saturated carbocycles. The lowest BCUT2D eigenvalue weighted by atomic mass is 10.1. The Balaban J connectivity index is 1.72. The Morgan fingerprint density at radius 1 is 1.26 bits per heavy atom. The van der Waals surface area contributed by atoms with E-state index in [1.165, 1.54) is 18.2 Å². The second-order valence-electron chi connectivity index (χ2n) is 5.98. The summed E-state index contributed by atoms with van der Waals surface area (Å²) >= 11 is 0. The van der Waals surface area contributed by atoms with Crippen molar-refractivity contribution in [1.29, 1.82) is 5.26 Å². The van der Waals surface area contributed by atoms with E-state index >= 15 is 0 Å². The molecule has 0 radical (unpaired) electrons. The van der Waals surface area contributed by atoms with E-state index in [1.807, 2.05) is 35.7 Å². The number of hydrogen-bond acceptors (Lipinski definition) is 7. The van der Waals surface area contributed by atoms with Crippen LogP contribution in [0, 0.1) is 21.4 Å². The normalized spacial score (nSPS) is 12.0. The molecule has 0 aliphatic heterocycles. The van der Waals surface area contributed by atoms with E-state index in [9.17, 15) is 15.4 Å². The van der Waals surface area contributed by atoms with E-state index in [-0.39, 0.29) is 11.7 Å². The van der Waals surface area contributed by atoms with E-state index in [0.717, 1.165) is 5.65 Å². The van der Waals surface area contributed by atoms with Gasteiger partial charge in [0.2, 0.25) is 0 Å². The second kappa shape index (κ2) is 6.34. The van der Waals surface area contributed by atoms with Gasteiger partial charge in [-0.25, -0.2) is 4.98 Å². The van der Waals surface area contributed by atoms with Crippen molar-refractivity contribution in [2.45, 2.75) is 13.0 Å². The molecule has 27 heavy (non-hydrogen) atoms. The van der Waals surface area contributed by atoms with Gasteiger partial charge in [0, 0.05) is 23.7 Å². The summed E-state index contributed by atoms with van der Waals surface area (Å²) in [4.78, 5) is 14.9. The average molecular weight is 359 g/mol. The molecule has 9 heteroatoms. The van der Waals surface area contributed by atoms with Crippen molar-refractivity contribution in [3.63, 3.8) is 0 Å². The molecule has 0 amide bonds. The van der Waals surface area contributed by atoms with Gasteiger partial charge in [0.15, 0.2) is 11.5 Å². The van der Waals surface area contributed by atoms with Crippen LogP contribution in [-0.4, -0.2) is 24.5 Å². The number of non-ortho nitro benzene ring substituents is 1. The highest BCUT2D eigenvalue weighted by molar-refractivity contribution is 5.88. The summed E-state index contributed by atoms with van der Waals surface area (Å²) in [6.07, 6.45) is 1.87. The van der Waals surface area contributed by atoms with Crippen LogP contribution in [0.25, 0.3) is 16.6 Å². The van der Waals surface area contributed by atoms with Crippen LogP contribution in [0.1, 0.15) is 24.4 Å². The minimum atomic E-state index is -0.495. The molecule has 1 unspecified atom stereocenters. The summed E-state index contributed by atoms with van der Waals surface area (Å²) in [5, 5.41) is 32.4. The van der Waals surface area contributed by atoms with Gasteiger partial charge in [-0.05, 0) is 31.2 Å². The van der Waals surface area contributed by atoms with Crippen LogP contribution >= 0.6 is 0 Å². The summed E-state index contributed by atoms with van der Waals surface area (Å²) in [6.45, 7) is 1.91. The number of nitriles is 1. The maximum absolute atomic E-state index is 11.0. The summed E-state index contributed by atoms with van der Waals surface area (Å²) in [7, 11) is 0. The van der Waals surface area contributed by atoms with Gasteiger partial charge >= 0.3 is 0 Å². The number of rotatable bonds is 4. The van der Waals surface area contributed by atoms with Gasteiger partial charge in [-0.3, -0.25) is 14.5 Å². The number of anilines is 1. The van der Waals surface area contributed by atoms with Crippen molar-refractivity contribution in [2.24, 2.45) is 0 Å². The summed E-state index contributed by atoms with van der Waals surface area (Å²) in [6, 6.07) is 13.3. The fourth-order valence-corrected chi connectivity index (χ4v) is 2.94. The highest BCUT2D eigenvalue weighted by Gasteiger charge is 2.16. The predicted molar refractivity (Wildman–Crippen MR) is 98.1 cm³/mol. The second-order valence-corrected chi connectivity index (χ2v) is 5.98. The van der Waals surface area contributed by atoms with Crippen molar-refractivity contribution in [3.8, 4) is 6.07 Å². The Labute approximate surface area is 153 Å². The first kappa shape index (κ1) is 16.4. The first-order chi connectivity index (χ1) is 13.1. The predicted octanol–water partition coefficient (Wildman–Crippen LogP) is 3.23. The summed E-state index contributed by atoms with van der Waals surface area (Å²) in [5.41, 5.74) is 1.47. The Hall–Kier alpha value is -4.06. The molecule has 1 atom stereocenters. The smallest absolute Gasteiger partial charge is 0.270 e. The molecule has 132 valence electrons. The zero-order valence-corrected chi connectivity index (χ0v) is 14.2. The van der Waals surface area contributed by atoms with Gasteiger partial charge in [-0.2, -0.15) is 5.26 Å². The van der Waals surface area contributed by atoms with Gasteiger partial charge in [-0.1, -0.05) is 6.07 Å². The number of fused-ring (bicyclic) bond motifs is 2. The minimum absolute atomic E-state index is 0.0789. The lowest BCUT2D eigenvalue weighted by Crippen LogP contribution is -2.12. The largest absolute Gasteiger partial charge is 0.360 e. The lowest BCUT2D eigenvalue weighted by molar-refractivity contribution is -0.384. The van der Waals surface area contributed by atoms with E-state index in [4.69, 9.17) is 0 Å². The average Bonchev–Trinajstić information content (AvgIpc) is 3.11. The molecule has 1 aromatic carbocycles. The molecular formula is C18H13N7O2. The molecule has 0 fully saturated rings. The monoisotopic (exact) mass is 359 g/mol. The number of pyridine rings is 2. The van der Waals surface area contributed by atoms with E-state index < -0.39 is 4.92 Å². The molecule has 1 N–H and O–H groups in total. The van der Waals surface area contributed by atoms with Crippen molar-refractivity contribution >= 4 is 28.1 Å². The molecular weight excluding hydrogens is 346 g/mol. The molecule has 9 nitrogen and oxygen atoms in total. The van der Waals surface area contributed by atoms with Crippen LogP contribution < -0.4 is 5.32 Å². The van der Waals surface area contributed by atoms with Crippen LogP contribution in [0.4, 0.5) is 11.5 Å². The number of benzene rings is 1. The molecule has 0 bridgehead atoms. The minimum Gasteiger partial charge on any atom is -0.360 e. The highest BCUT2D eigenvalue weighted by Crippen LogP contribution is 2.26. The lowest BCUT2D eigenvalue weighted by Gasteiger charge is -2.14. The molecule has 0 aliphatic carbocycles. The fraction of sp³-hybridized carbons (Fsp3) is 0.111. The van der Waals surface area contributed by atoms with E-state index in [2.05, 4.69) is 26.6 Å². The Morgan fingerprint density at radius 3 is 2.89 bits per heavy atom. The van der Waals surface area contributed by atoms with Gasteiger partial charge in [-0.15, -0.1) is 10.2 Å². The SMILES string of the molecule is CC(Nc1cc(C#N)c2cc([N+](=O)[O-])ccc2n1)c1nnc2ccccn12. The van der Waals surface area contributed by atoms with Crippen LogP contribution in [0.3, 0.4) is 0 Å². The number of nitrogens with zero attached hydrogens (tertiary/aromatic N) is 6. The summed E-state index contributed by atoms with van der Waals surface area (Å²) < 4.78 is 1.87. The number of hydrogen-bond donors (Lipinski definition) is 1. The van der Waals surface area contributed by atoms with Crippen molar-refractivity contribution < 1.29 is 4.92 Å². The molecule has 4 rings (SSSR count). The number of aromatic nitrogens is 4. The zero-order chi connectivity index (χ0) is 19.0. The summed E-state index contributed by atoms with van der Waals surface area (Å²) in [5.74, 6) is 1.18. The fourth-order valence-electron chi connectivity index (χ4n) is 2.94. The number of nitro groups is 1. The van der Waals surface area contributed by atoms with Crippen LogP contribution in [0.2, 0.25) is 0 Å². The number of nitro benzene ring substituents is 1. The maximum atomic E-state index is 11.0. The highest BCUT2D eigenvalue weighted by atomic mass is 16.6. The third-order valence-electron chi connectivity index (χ3n) is 4.22. The standard InChI is InChI=1S/C18H13N7O2/c1-11(18-23-22-17-4-2-3-7-24(17)18)20-16-8-12(10-19)14-9-13(25(26)27)5-6-15(14)21-16/h2-9,11H,1H3,(H,20,21). The van der Waals surface area contributed by atoms with Crippen LogP contribution in [0.15, 0.2) is 48.7 Å². The first-order valence-corrected chi connectivity index (χ1v) is 8.12. The van der Waals surface area contributed by atoms with Crippen molar-refractivity contribution in [3.05, 3.63) is 70.2 Å². The molecule has 0 saturated heterocycles. The van der Waals surface area contributed by atoms with Crippen molar-refractivity contribution in [1.82, 2.24) is 19.6 Å². The van der Waals surface area contributed by atoms with Gasteiger partial charge < -0.3 is 5.32 Å². The molecule has 4 aromatic rings. The first-order valence-electron chi connectivity index (χ1n) is 8.12. The third-order valence-corrected chi connectivity index (χ3v) is 4.22. The van der Waals surface area contributed by atoms with Crippen LogP contribution in [0.5, 0.6) is 0 Å². The van der Waals surface area contributed by atoms with Gasteiger partial charge in [0.1, 0.15) is 5.82 Å². The van der Waals surface area contributed by atoms with Gasteiger partial charge in [0.05, 0.1) is 28.1 Å². The Kier molecular flexibility index (Phi) is 3.86. The van der Waals surface area contributed by atoms with Crippen LogP contribution in [-0.2, 0) is 0 Å². The zero-order valence-electron chi connectivity index (χ0n) is 14.2. The van der Waals surface area contributed by atoms with Crippen molar-refractivity contribution in [2.75, 3.05) is 5.32 Å². The Morgan fingerprint density at radius 2 is 2.11 bits per heavy atom. The quantitative estimate of drug-likeness (QED) is 0.438. The molecule has 3 aromatic heterocycles. The molecule has 3 heterocycles. The molecule has 0 spiro atoms. The Bertz CT molecular complexity index is 1230. The van der Waals surface area contributed by atoms with E-state index in [0.29, 0.717) is 28.1 Å². The van der Waals surface area contributed by atoms with Gasteiger partial charge in [0.25, 0.3) is 5.69 Å². The maximum Gasteiger partial charge on any atom is 0.270 e. The number of nitrogens with one attached hydrogen (secondary N) is 1. The third kappa shape index (κ3) is 2.89. The van der Waals surface area contributed by atoms with E-state index in [1.54, 1.807) is 6.07 Å². The topological polar surface area (TPSA) is 122 Å². The molecule has 0 aliphatic rings.